The van der Waals surface area contributed by atoms with E-state index in [1.54, 1.807) is 20.8 Å². The predicted molar refractivity (Wildman–Crippen MR) is 47.4 cm³/mol. The maximum atomic E-state index is 11.8. The average Bonchev–Trinajstić information content (AvgIpc) is 2.02. The Morgan fingerprint density at radius 2 is 1.67 bits per heavy atom. The molecular weight excluding hydrogens is 179 g/mol. The van der Waals surface area contributed by atoms with E-state index in [1.165, 1.54) is 14.2 Å². The van der Waals surface area contributed by atoms with Crippen molar-refractivity contribution >= 4 is 7.60 Å². The summed E-state index contributed by atoms with van der Waals surface area (Å²) in [5.41, 5.74) is 0. The molecule has 0 amide bonds. The van der Waals surface area contributed by atoms with Gasteiger partial charge in [0.2, 0.25) is 0 Å². The third kappa shape index (κ3) is 1.88. The second kappa shape index (κ2) is 3.88. The molecular formula is C7H17O4P. The SMILES string of the molecule is COP(=O)(OC)C(C)(C)C(C)O. The van der Waals surface area contributed by atoms with Gasteiger partial charge in [-0.1, -0.05) is 0 Å². The molecule has 5 heteroatoms. The first kappa shape index (κ1) is 12.1. The summed E-state index contributed by atoms with van der Waals surface area (Å²) >= 11 is 0. The quantitative estimate of drug-likeness (QED) is 0.694. The molecule has 0 aliphatic carbocycles. The van der Waals surface area contributed by atoms with E-state index < -0.39 is 18.9 Å². The molecule has 0 saturated carbocycles. The molecule has 0 bridgehead atoms. The van der Waals surface area contributed by atoms with Crippen molar-refractivity contribution in [3.63, 3.8) is 0 Å². The van der Waals surface area contributed by atoms with Crippen LogP contribution >= 0.6 is 7.60 Å². The van der Waals surface area contributed by atoms with Crippen LogP contribution in [0.2, 0.25) is 0 Å². The van der Waals surface area contributed by atoms with Crippen LogP contribution in [0, 0.1) is 0 Å². The van der Waals surface area contributed by atoms with E-state index >= 15 is 0 Å². The normalized spacial score (nSPS) is 16.2. The van der Waals surface area contributed by atoms with E-state index in [2.05, 4.69) is 0 Å². The maximum Gasteiger partial charge on any atom is 0.338 e. The Bertz CT molecular complexity index is 180. The van der Waals surface area contributed by atoms with Gasteiger partial charge in [0, 0.05) is 14.2 Å². The molecule has 0 rings (SSSR count). The summed E-state index contributed by atoms with van der Waals surface area (Å²) in [6, 6.07) is 0. The van der Waals surface area contributed by atoms with Crippen molar-refractivity contribution in [3.8, 4) is 0 Å². The van der Waals surface area contributed by atoms with Gasteiger partial charge in [-0.15, -0.1) is 0 Å². The smallest absolute Gasteiger partial charge is 0.338 e. The van der Waals surface area contributed by atoms with Gasteiger partial charge in [-0.2, -0.15) is 0 Å². The molecule has 0 aromatic carbocycles. The van der Waals surface area contributed by atoms with Crippen molar-refractivity contribution in [1.29, 1.82) is 0 Å². The minimum Gasteiger partial charge on any atom is -0.392 e. The van der Waals surface area contributed by atoms with Gasteiger partial charge in [-0.25, -0.2) is 0 Å². The summed E-state index contributed by atoms with van der Waals surface area (Å²) in [4.78, 5) is 0. The zero-order valence-electron chi connectivity index (χ0n) is 8.20. The highest BCUT2D eigenvalue weighted by Gasteiger charge is 2.45. The fourth-order valence-electron chi connectivity index (χ4n) is 0.774. The summed E-state index contributed by atoms with van der Waals surface area (Å²) in [5.74, 6) is 0. The van der Waals surface area contributed by atoms with Crippen molar-refractivity contribution < 1.29 is 18.7 Å². The molecule has 0 spiro atoms. The molecule has 4 nitrogen and oxygen atoms in total. The molecule has 1 N–H and O–H groups in total. The van der Waals surface area contributed by atoms with Crippen molar-refractivity contribution in [1.82, 2.24) is 0 Å². The number of hydrogen-bond acceptors (Lipinski definition) is 4. The highest BCUT2D eigenvalue weighted by Crippen LogP contribution is 2.59. The Kier molecular flexibility index (Phi) is 3.91. The summed E-state index contributed by atoms with van der Waals surface area (Å²) in [7, 11) is -0.562. The van der Waals surface area contributed by atoms with Gasteiger partial charge in [0.25, 0.3) is 0 Å². The van der Waals surface area contributed by atoms with E-state index in [4.69, 9.17) is 9.05 Å². The minimum absolute atomic E-state index is 0.747. The van der Waals surface area contributed by atoms with Crippen LogP contribution in [0.25, 0.3) is 0 Å². The molecule has 0 heterocycles. The van der Waals surface area contributed by atoms with E-state index in [0.717, 1.165) is 0 Å². The van der Waals surface area contributed by atoms with Crippen molar-refractivity contribution in [3.05, 3.63) is 0 Å². The Labute approximate surface area is 73.4 Å². The van der Waals surface area contributed by atoms with Crippen LogP contribution in [0.5, 0.6) is 0 Å². The molecule has 1 atom stereocenters. The highest BCUT2D eigenvalue weighted by atomic mass is 31.2. The topological polar surface area (TPSA) is 55.8 Å². The van der Waals surface area contributed by atoms with Crippen molar-refractivity contribution in [2.24, 2.45) is 0 Å². The van der Waals surface area contributed by atoms with E-state index in [-0.39, 0.29) is 0 Å². The molecule has 0 aliphatic rings. The lowest BCUT2D eigenvalue weighted by atomic mass is 10.1. The third-order valence-electron chi connectivity index (χ3n) is 2.21. The summed E-state index contributed by atoms with van der Waals surface area (Å²) < 4.78 is 21.4. The Hall–Kier alpha value is 0.110. The molecule has 74 valence electrons. The fourth-order valence-corrected chi connectivity index (χ4v) is 2.32. The largest absolute Gasteiger partial charge is 0.392 e. The zero-order valence-corrected chi connectivity index (χ0v) is 9.09. The monoisotopic (exact) mass is 196 g/mol. The van der Waals surface area contributed by atoms with Crippen LogP contribution in [0.4, 0.5) is 0 Å². The number of rotatable bonds is 4. The molecule has 0 saturated heterocycles. The van der Waals surface area contributed by atoms with Gasteiger partial charge < -0.3 is 14.2 Å². The average molecular weight is 196 g/mol. The lowest BCUT2D eigenvalue weighted by Gasteiger charge is -2.33. The summed E-state index contributed by atoms with van der Waals surface area (Å²) in [6.07, 6.45) is -0.747. The standard InChI is InChI=1S/C7H17O4P/c1-6(8)7(2,3)12(9,10-4)11-5/h6,8H,1-5H3. The Balaban J connectivity index is 4.84. The van der Waals surface area contributed by atoms with Crippen LogP contribution in [0.15, 0.2) is 0 Å². The van der Waals surface area contributed by atoms with Gasteiger partial charge in [0.15, 0.2) is 0 Å². The lowest BCUT2D eigenvalue weighted by molar-refractivity contribution is 0.130. The van der Waals surface area contributed by atoms with Crippen LogP contribution in [-0.4, -0.2) is 30.6 Å². The lowest BCUT2D eigenvalue weighted by Crippen LogP contribution is -2.34. The summed E-state index contributed by atoms with van der Waals surface area (Å²) in [6.45, 7) is 4.85. The Morgan fingerprint density at radius 3 is 1.75 bits per heavy atom. The van der Waals surface area contributed by atoms with E-state index in [1.807, 2.05) is 0 Å². The molecule has 0 radical (unpaired) electrons. The molecule has 0 aromatic rings. The van der Waals surface area contributed by atoms with Gasteiger partial charge >= 0.3 is 7.60 Å². The molecule has 0 aromatic heterocycles. The van der Waals surface area contributed by atoms with Gasteiger partial charge in [0.1, 0.15) is 0 Å². The van der Waals surface area contributed by atoms with Crippen LogP contribution in [0.3, 0.4) is 0 Å². The van der Waals surface area contributed by atoms with Crippen molar-refractivity contribution in [2.45, 2.75) is 32.0 Å². The fraction of sp³-hybridized carbons (Fsp3) is 1.00. The van der Waals surface area contributed by atoms with Crippen LogP contribution in [0.1, 0.15) is 20.8 Å². The number of aliphatic hydroxyl groups is 1. The third-order valence-corrected chi connectivity index (χ3v) is 4.96. The maximum absolute atomic E-state index is 11.8. The number of aliphatic hydroxyl groups excluding tert-OH is 1. The van der Waals surface area contributed by atoms with Crippen molar-refractivity contribution in [2.75, 3.05) is 14.2 Å². The first-order valence-electron chi connectivity index (χ1n) is 3.71. The van der Waals surface area contributed by atoms with Crippen LogP contribution in [-0.2, 0) is 13.6 Å². The van der Waals surface area contributed by atoms with Crippen LogP contribution < -0.4 is 0 Å². The molecule has 12 heavy (non-hydrogen) atoms. The molecule has 0 fully saturated rings. The highest BCUT2D eigenvalue weighted by molar-refractivity contribution is 7.55. The number of hydrogen-bond donors (Lipinski definition) is 1. The Morgan fingerprint density at radius 1 is 1.33 bits per heavy atom. The second-order valence-corrected chi connectivity index (χ2v) is 6.07. The molecule has 0 aliphatic heterocycles. The van der Waals surface area contributed by atoms with Gasteiger partial charge in [-0.05, 0) is 20.8 Å². The first-order valence-corrected chi connectivity index (χ1v) is 5.25. The minimum atomic E-state index is -3.19. The van der Waals surface area contributed by atoms with E-state index in [0.29, 0.717) is 0 Å². The first-order chi connectivity index (χ1) is 5.31. The summed E-state index contributed by atoms with van der Waals surface area (Å²) in [5, 5.41) is 8.47. The van der Waals surface area contributed by atoms with Gasteiger partial charge in [0.05, 0.1) is 11.3 Å². The second-order valence-electron chi connectivity index (χ2n) is 3.19. The van der Waals surface area contributed by atoms with E-state index in [9.17, 15) is 9.67 Å². The zero-order chi connectivity index (χ0) is 9.99. The van der Waals surface area contributed by atoms with Gasteiger partial charge in [-0.3, -0.25) is 4.57 Å². The molecule has 1 unspecified atom stereocenters. The predicted octanol–water partition coefficient (Wildman–Crippen LogP) is 1.63.